The first-order valence-electron chi connectivity index (χ1n) is 12.2. The molecule has 1 atom stereocenters. The number of aromatic nitrogens is 1. The predicted octanol–water partition coefficient (Wildman–Crippen LogP) is 5.59. The maximum absolute atomic E-state index is 13.4. The molecule has 1 aliphatic heterocycles. The number of ketones is 1. The molecule has 2 heterocycles. The second kappa shape index (κ2) is 10.2. The lowest BCUT2D eigenvalue weighted by molar-refractivity contribution is -0.140. The third-order valence-electron chi connectivity index (χ3n) is 6.55. The number of amides is 1. The zero-order valence-corrected chi connectivity index (χ0v) is 20.7. The number of likely N-dealkylation sites (tertiary alicyclic amines) is 1. The molecule has 1 fully saturated rings. The van der Waals surface area contributed by atoms with Crippen molar-refractivity contribution in [2.75, 3.05) is 13.7 Å². The first kappa shape index (κ1) is 24.2. The molecule has 7 heteroatoms. The summed E-state index contributed by atoms with van der Waals surface area (Å²) in [6, 6.07) is 21.2. The Labute approximate surface area is 214 Å². The lowest BCUT2D eigenvalue weighted by Gasteiger charge is -2.25. The number of para-hydroxylation sites is 1. The number of aliphatic hydroxyl groups excluding tert-OH is 1. The lowest BCUT2D eigenvalue weighted by Crippen LogP contribution is -2.29. The van der Waals surface area contributed by atoms with Crippen LogP contribution in [-0.4, -0.2) is 40.4 Å². The van der Waals surface area contributed by atoms with Gasteiger partial charge in [0.15, 0.2) is 0 Å². The third kappa shape index (κ3) is 4.56. The van der Waals surface area contributed by atoms with Crippen LogP contribution in [0.5, 0.6) is 11.5 Å². The number of fused-ring (bicyclic) bond motifs is 1. The normalized spacial score (nSPS) is 16.9. The molecule has 0 aliphatic carbocycles. The van der Waals surface area contributed by atoms with E-state index in [-0.39, 0.29) is 17.9 Å². The Morgan fingerprint density at radius 1 is 1.00 bits per heavy atom. The fraction of sp³-hybridized carbons (Fsp3) is 0.200. The van der Waals surface area contributed by atoms with Crippen LogP contribution in [0.2, 0.25) is 0 Å². The van der Waals surface area contributed by atoms with Crippen LogP contribution in [0.3, 0.4) is 0 Å². The van der Waals surface area contributed by atoms with Gasteiger partial charge in [-0.15, -0.1) is 0 Å². The first-order valence-corrected chi connectivity index (χ1v) is 12.2. The number of aliphatic hydroxyl groups is 1. The highest BCUT2D eigenvalue weighted by Crippen LogP contribution is 2.43. The van der Waals surface area contributed by atoms with E-state index in [2.05, 4.69) is 4.98 Å². The van der Waals surface area contributed by atoms with Gasteiger partial charge in [0.1, 0.15) is 17.3 Å². The summed E-state index contributed by atoms with van der Waals surface area (Å²) in [5, 5.41) is 12.3. The zero-order chi connectivity index (χ0) is 25.9. The number of rotatable bonds is 8. The van der Waals surface area contributed by atoms with E-state index >= 15 is 0 Å². The Kier molecular flexibility index (Phi) is 6.68. The summed E-state index contributed by atoms with van der Waals surface area (Å²) in [4.78, 5) is 31.6. The van der Waals surface area contributed by atoms with Crippen LogP contribution < -0.4 is 9.47 Å². The number of hydrogen-bond donors (Lipinski definition) is 2. The summed E-state index contributed by atoms with van der Waals surface area (Å²) in [5.41, 5.74) is 2.92. The number of ether oxygens (including phenoxy) is 2. The van der Waals surface area contributed by atoms with Gasteiger partial charge in [-0.3, -0.25) is 9.59 Å². The largest absolute Gasteiger partial charge is 0.507 e. The number of methoxy groups -OCH3 is 1. The monoisotopic (exact) mass is 496 g/mol. The van der Waals surface area contributed by atoms with Crippen LogP contribution in [0.1, 0.15) is 36.1 Å². The molecular weight excluding hydrogens is 468 g/mol. The number of benzene rings is 3. The maximum Gasteiger partial charge on any atom is 0.295 e. The second-order valence-corrected chi connectivity index (χ2v) is 8.94. The van der Waals surface area contributed by atoms with Gasteiger partial charge < -0.3 is 24.5 Å². The van der Waals surface area contributed by atoms with Gasteiger partial charge >= 0.3 is 0 Å². The number of nitrogens with zero attached hydrogens (tertiary/aromatic N) is 1. The minimum atomic E-state index is -0.779. The third-order valence-corrected chi connectivity index (χ3v) is 6.55. The fourth-order valence-corrected chi connectivity index (χ4v) is 4.72. The summed E-state index contributed by atoms with van der Waals surface area (Å²) in [6.45, 7) is 2.73. The molecule has 0 spiro atoms. The van der Waals surface area contributed by atoms with Gasteiger partial charge in [0.05, 0.1) is 25.3 Å². The molecule has 4 aromatic rings. The molecule has 0 bridgehead atoms. The average Bonchev–Trinajstić information content (AvgIpc) is 3.46. The average molecular weight is 497 g/mol. The Morgan fingerprint density at radius 3 is 2.54 bits per heavy atom. The Bertz CT molecular complexity index is 1490. The van der Waals surface area contributed by atoms with Crippen LogP contribution in [0.4, 0.5) is 0 Å². The van der Waals surface area contributed by atoms with Crippen molar-refractivity contribution in [3.05, 3.63) is 101 Å². The van der Waals surface area contributed by atoms with E-state index in [0.29, 0.717) is 23.7 Å². The molecule has 1 saturated heterocycles. The van der Waals surface area contributed by atoms with Crippen molar-refractivity contribution in [1.29, 1.82) is 0 Å². The molecule has 37 heavy (non-hydrogen) atoms. The molecule has 0 radical (unpaired) electrons. The summed E-state index contributed by atoms with van der Waals surface area (Å²) in [7, 11) is 1.59. The standard InChI is InChI=1S/C30H28N2O5/c1-3-15-37-22-8-6-7-20(16-22)28(33)26-27(24-17-31-25-10-5-4-9-23(24)25)32(30(35)29(26)34)18-19-11-13-21(36-2)14-12-19/h4-14,16-17,27,31,33H,3,15,18H2,1-2H3/b28-26+. The number of Topliss-reactive ketones (excluding diaryl/α,β-unsaturated/α-hetero) is 1. The molecule has 0 saturated carbocycles. The lowest BCUT2D eigenvalue weighted by atomic mass is 9.94. The highest BCUT2D eigenvalue weighted by Gasteiger charge is 2.46. The van der Waals surface area contributed by atoms with Gasteiger partial charge in [0, 0.05) is 34.8 Å². The van der Waals surface area contributed by atoms with E-state index in [1.807, 2.05) is 55.5 Å². The Hall–Kier alpha value is -4.52. The van der Waals surface area contributed by atoms with Crippen LogP contribution in [0, 0.1) is 0 Å². The van der Waals surface area contributed by atoms with E-state index < -0.39 is 17.7 Å². The molecule has 5 rings (SSSR count). The minimum Gasteiger partial charge on any atom is -0.507 e. The predicted molar refractivity (Wildman–Crippen MR) is 141 cm³/mol. The zero-order valence-electron chi connectivity index (χ0n) is 20.7. The van der Waals surface area contributed by atoms with Crippen molar-refractivity contribution >= 4 is 28.4 Å². The molecule has 1 aliphatic rings. The molecule has 1 unspecified atom stereocenters. The summed E-state index contributed by atoms with van der Waals surface area (Å²) in [5.74, 6) is -0.328. The van der Waals surface area contributed by atoms with Crippen molar-refractivity contribution in [2.24, 2.45) is 0 Å². The molecule has 188 valence electrons. The molecule has 1 amide bonds. The number of aromatic amines is 1. The van der Waals surface area contributed by atoms with Gasteiger partial charge in [-0.1, -0.05) is 49.4 Å². The van der Waals surface area contributed by atoms with Crippen molar-refractivity contribution in [1.82, 2.24) is 9.88 Å². The van der Waals surface area contributed by atoms with Crippen LogP contribution in [0.25, 0.3) is 16.7 Å². The van der Waals surface area contributed by atoms with E-state index in [0.717, 1.165) is 28.5 Å². The van der Waals surface area contributed by atoms with Gasteiger partial charge in [0.2, 0.25) is 0 Å². The van der Waals surface area contributed by atoms with Crippen molar-refractivity contribution < 1.29 is 24.2 Å². The van der Waals surface area contributed by atoms with Gasteiger partial charge in [-0.25, -0.2) is 0 Å². The first-order chi connectivity index (χ1) is 18.0. The number of H-pyrrole nitrogens is 1. The van der Waals surface area contributed by atoms with Crippen LogP contribution in [-0.2, 0) is 16.1 Å². The topological polar surface area (TPSA) is 91.9 Å². The highest BCUT2D eigenvalue weighted by atomic mass is 16.5. The quantitative estimate of drug-likeness (QED) is 0.189. The van der Waals surface area contributed by atoms with Crippen molar-refractivity contribution in [3.8, 4) is 11.5 Å². The van der Waals surface area contributed by atoms with Gasteiger partial charge in [0.25, 0.3) is 11.7 Å². The Balaban J connectivity index is 1.64. The number of carbonyl (C=O) groups excluding carboxylic acids is 2. The fourth-order valence-electron chi connectivity index (χ4n) is 4.72. The van der Waals surface area contributed by atoms with Gasteiger partial charge in [-0.2, -0.15) is 0 Å². The van der Waals surface area contributed by atoms with Gasteiger partial charge in [-0.05, 0) is 42.3 Å². The number of hydrogen-bond acceptors (Lipinski definition) is 5. The van der Waals surface area contributed by atoms with E-state index in [1.165, 1.54) is 4.90 Å². The molecule has 1 aromatic heterocycles. The molecule has 3 aromatic carbocycles. The summed E-state index contributed by atoms with van der Waals surface area (Å²) in [6.07, 6.45) is 2.64. The van der Waals surface area contributed by atoms with Crippen LogP contribution in [0.15, 0.2) is 84.6 Å². The van der Waals surface area contributed by atoms with E-state index in [4.69, 9.17) is 9.47 Å². The minimum absolute atomic E-state index is 0.0518. The smallest absolute Gasteiger partial charge is 0.295 e. The second-order valence-electron chi connectivity index (χ2n) is 8.94. The van der Waals surface area contributed by atoms with Crippen molar-refractivity contribution in [3.63, 3.8) is 0 Å². The molecule has 2 N–H and O–H groups in total. The van der Waals surface area contributed by atoms with Crippen molar-refractivity contribution in [2.45, 2.75) is 25.9 Å². The SMILES string of the molecule is CCCOc1cccc(/C(O)=C2\C(=O)C(=O)N(Cc3ccc(OC)cc3)C2c2c[nH]c3ccccc23)c1. The number of nitrogens with one attached hydrogen (secondary N) is 1. The summed E-state index contributed by atoms with van der Waals surface area (Å²) < 4.78 is 11.0. The maximum atomic E-state index is 13.4. The number of carbonyl (C=O) groups is 2. The summed E-state index contributed by atoms with van der Waals surface area (Å²) >= 11 is 0. The van der Waals surface area contributed by atoms with E-state index in [9.17, 15) is 14.7 Å². The van der Waals surface area contributed by atoms with Crippen LogP contribution >= 0.6 is 0 Å². The highest BCUT2D eigenvalue weighted by molar-refractivity contribution is 6.46. The molecular formula is C30H28N2O5. The molecule has 7 nitrogen and oxygen atoms in total. The van der Waals surface area contributed by atoms with E-state index in [1.54, 1.807) is 37.6 Å². The Morgan fingerprint density at radius 2 is 1.78 bits per heavy atom.